The van der Waals surface area contributed by atoms with Crippen LogP contribution in [0.25, 0.3) is 0 Å². The predicted molar refractivity (Wildman–Crippen MR) is 38.4 cm³/mol. The summed E-state index contributed by atoms with van der Waals surface area (Å²) in [5.41, 5.74) is 0. The molecule has 0 radical (unpaired) electrons. The summed E-state index contributed by atoms with van der Waals surface area (Å²) in [5, 5.41) is 0. The highest BCUT2D eigenvalue weighted by molar-refractivity contribution is 4.68. The number of hydrogen-bond acceptors (Lipinski definition) is 1. The summed E-state index contributed by atoms with van der Waals surface area (Å²) in [6.07, 6.45) is 4.36. The van der Waals surface area contributed by atoms with Crippen molar-refractivity contribution in [1.29, 1.82) is 0 Å². The van der Waals surface area contributed by atoms with Gasteiger partial charge in [-0.1, -0.05) is 13.8 Å². The molecule has 1 aliphatic heterocycles. The van der Waals surface area contributed by atoms with Crippen molar-refractivity contribution in [2.24, 2.45) is 5.92 Å². The first-order chi connectivity index (χ1) is 4.34. The van der Waals surface area contributed by atoms with Gasteiger partial charge in [-0.2, -0.15) is 0 Å². The Labute approximate surface area is 57.4 Å². The maximum atomic E-state index is 5.54. The SMILES string of the molecule is CCC1OCCCC1C. The van der Waals surface area contributed by atoms with E-state index in [2.05, 4.69) is 13.8 Å². The van der Waals surface area contributed by atoms with E-state index in [0.29, 0.717) is 6.10 Å². The summed E-state index contributed by atoms with van der Waals surface area (Å²) in [6.45, 7) is 5.47. The molecule has 0 aromatic heterocycles. The van der Waals surface area contributed by atoms with E-state index in [0.717, 1.165) is 12.5 Å². The largest absolute Gasteiger partial charge is 0.378 e. The van der Waals surface area contributed by atoms with Gasteiger partial charge in [0.15, 0.2) is 0 Å². The van der Waals surface area contributed by atoms with Crippen LogP contribution in [0.15, 0.2) is 0 Å². The Kier molecular flexibility index (Phi) is 2.52. The van der Waals surface area contributed by atoms with Crippen molar-refractivity contribution in [2.75, 3.05) is 6.61 Å². The topological polar surface area (TPSA) is 9.23 Å². The summed E-state index contributed by atoms with van der Waals surface area (Å²) in [6, 6.07) is 0. The van der Waals surface area contributed by atoms with Crippen LogP contribution in [0.1, 0.15) is 33.1 Å². The molecule has 0 spiro atoms. The average molecular weight is 128 g/mol. The van der Waals surface area contributed by atoms with Gasteiger partial charge in [0, 0.05) is 6.61 Å². The van der Waals surface area contributed by atoms with Gasteiger partial charge in [-0.05, 0) is 25.2 Å². The summed E-state index contributed by atoms with van der Waals surface area (Å²) < 4.78 is 5.54. The van der Waals surface area contributed by atoms with Crippen LogP contribution < -0.4 is 0 Å². The van der Waals surface area contributed by atoms with Crippen LogP contribution in [0.2, 0.25) is 0 Å². The Balaban J connectivity index is 2.30. The van der Waals surface area contributed by atoms with Crippen molar-refractivity contribution >= 4 is 0 Å². The molecule has 54 valence electrons. The molecule has 1 aliphatic rings. The molecule has 1 saturated heterocycles. The van der Waals surface area contributed by atoms with Gasteiger partial charge in [0.25, 0.3) is 0 Å². The van der Waals surface area contributed by atoms with E-state index in [9.17, 15) is 0 Å². The minimum atomic E-state index is 0.554. The highest BCUT2D eigenvalue weighted by atomic mass is 16.5. The van der Waals surface area contributed by atoms with Crippen LogP contribution in [0.4, 0.5) is 0 Å². The Morgan fingerprint density at radius 3 is 2.78 bits per heavy atom. The molecular weight excluding hydrogens is 112 g/mol. The summed E-state index contributed by atoms with van der Waals surface area (Å²) >= 11 is 0. The predicted octanol–water partition coefficient (Wildman–Crippen LogP) is 2.21. The van der Waals surface area contributed by atoms with Crippen molar-refractivity contribution in [3.05, 3.63) is 0 Å². The third-order valence-electron chi connectivity index (χ3n) is 2.17. The maximum Gasteiger partial charge on any atom is 0.0598 e. The van der Waals surface area contributed by atoms with Crippen LogP contribution in [-0.4, -0.2) is 12.7 Å². The second-order valence-electron chi connectivity index (χ2n) is 2.94. The van der Waals surface area contributed by atoms with Crippen LogP contribution in [0.3, 0.4) is 0 Å². The van der Waals surface area contributed by atoms with Gasteiger partial charge in [-0.25, -0.2) is 0 Å². The molecule has 2 atom stereocenters. The van der Waals surface area contributed by atoms with Gasteiger partial charge in [-0.15, -0.1) is 0 Å². The van der Waals surface area contributed by atoms with E-state index in [1.165, 1.54) is 19.3 Å². The smallest absolute Gasteiger partial charge is 0.0598 e. The van der Waals surface area contributed by atoms with Crippen molar-refractivity contribution in [1.82, 2.24) is 0 Å². The average Bonchev–Trinajstić information content (AvgIpc) is 1.89. The summed E-state index contributed by atoms with van der Waals surface area (Å²) in [7, 11) is 0. The van der Waals surface area contributed by atoms with Crippen molar-refractivity contribution in [3.8, 4) is 0 Å². The fourth-order valence-corrected chi connectivity index (χ4v) is 1.51. The van der Waals surface area contributed by atoms with Crippen molar-refractivity contribution in [3.63, 3.8) is 0 Å². The molecule has 0 aromatic carbocycles. The third-order valence-corrected chi connectivity index (χ3v) is 2.17. The molecule has 1 heteroatoms. The van der Waals surface area contributed by atoms with Gasteiger partial charge < -0.3 is 4.74 Å². The lowest BCUT2D eigenvalue weighted by atomic mass is 9.95. The first kappa shape index (κ1) is 7.07. The maximum absolute atomic E-state index is 5.54. The Bertz CT molecular complexity index is 80.6. The van der Waals surface area contributed by atoms with Gasteiger partial charge in [0.1, 0.15) is 0 Å². The highest BCUT2D eigenvalue weighted by Gasteiger charge is 2.19. The first-order valence-corrected chi connectivity index (χ1v) is 3.96. The van der Waals surface area contributed by atoms with E-state index in [4.69, 9.17) is 4.74 Å². The summed E-state index contributed by atoms with van der Waals surface area (Å²) in [4.78, 5) is 0. The fourth-order valence-electron chi connectivity index (χ4n) is 1.51. The molecule has 0 N–H and O–H groups in total. The lowest BCUT2D eigenvalue weighted by molar-refractivity contribution is -0.0217. The molecule has 0 amide bonds. The molecular formula is C8H16O. The fraction of sp³-hybridized carbons (Fsp3) is 1.00. The van der Waals surface area contributed by atoms with Crippen LogP contribution in [0, 0.1) is 5.92 Å². The van der Waals surface area contributed by atoms with E-state index >= 15 is 0 Å². The Morgan fingerprint density at radius 2 is 2.33 bits per heavy atom. The lowest BCUT2D eigenvalue weighted by Crippen LogP contribution is -2.26. The lowest BCUT2D eigenvalue weighted by Gasteiger charge is -2.27. The zero-order chi connectivity index (χ0) is 6.69. The minimum Gasteiger partial charge on any atom is -0.378 e. The minimum absolute atomic E-state index is 0.554. The third kappa shape index (κ3) is 1.68. The van der Waals surface area contributed by atoms with Crippen LogP contribution in [0.5, 0.6) is 0 Å². The molecule has 1 fully saturated rings. The molecule has 1 heterocycles. The van der Waals surface area contributed by atoms with E-state index in [-0.39, 0.29) is 0 Å². The van der Waals surface area contributed by atoms with Gasteiger partial charge in [0.05, 0.1) is 6.10 Å². The second-order valence-corrected chi connectivity index (χ2v) is 2.94. The van der Waals surface area contributed by atoms with Gasteiger partial charge in [-0.3, -0.25) is 0 Å². The highest BCUT2D eigenvalue weighted by Crippen LogP contribution is 2.21. The Hall–Kier alpha value is -0.0400. The van der Waals surface area contributed by atoms with Crippen molar-refractivity contribution in [2.45, 2.75) is 39.2 Å². The zero-order valence-corrected chi connectivity index (χ0v) is 6.39. The molecule has 2 unspecified atom stereocenters. The van der Waals surface area contributed by atoms with Crippen LogP contribution in [-0.2, 0) is 4.74 Å². The van der Waals surface area contributed by atoms with Crippen molar-refractivity contribution < 1.29 is 4.74 Å². The molecule has 0 saturated carbocycles. The van der Waals surface area contributed by atoms with E-state index in [1.807, 2.05) is 0 Å². The monoisotopic (exact) mass is 128 g/mol. The van der Waals surface area contributed by atoms with E-state index < -0.39 is 0 Å². The number of ether oxygens (including phenoxy) is 1. The normalized spacial score (nSPS) is 36.7. The van der Waals surface area contributed by atoms with Crippen LogP contribution >= 0.6 is 0 Å². The zero-order valence-electron chi connectivity index (χ0n) is 6.39. The molecule has 1 nitrogen and oxygen atoms in total. The molecule has 9 heavy (non-hydrogen) atoms. The van der Waals surface area contributed by atoms with Gasteiger partial charge >= 0.3 is 0 Å². The summed E-state index contributed by atoms with van der Waals surface area (Å²) in [5.74, 6) is 0.795. The standard InChI is InChI=1S/C8H16O/c1-3-8-7(2)5-4-6-9-8/h7-8H,3-6H2,1-2H3. The Morgan fingerprint density at radius 1 is 1.56 bits per heavy atom. The quantitative estimate of drug-likeness (QED) is 0.526. The van der Waals surface area contributed by atoms with E-state index in [1.54, 1.807) is 0 Å². The number of rotatable bonds is 1. The molecule has 0 aliphatic carbocycles. The van der Waals surface area contributed by atoms with Gasteiger partial charge in [0.2, 0.25) is 0 Å². The first-order valence-electron chi connectivity index (χ1n) is 3.96. The molecule has 0 aromatic rings. The number of hydrogen-bond donors (Lipinski definition) is 0. The molecule has 0 bridgehead atoms. The second kappa shape index (κ2) is 3.21. The molecule has 1 rings (SSSR count).